The summed E-state index contributed by atoms with van der Waals surface area (Å²) >= 11 is 0. The summed E-state index contributed by atoms with van der Waals surface area (Å²) in [4.78, 5) is 25.5. The van der Waals surface area contributed by atoms with E-state index in [-0.39, 0.29) is 24.7 Å². The van der Waals surface area contributed by atoms with Crippen molar-refractivity contribution in [1.82, 2.24) is 24.9 Å². The van der Waals surface area contributed by atoms with Crippen molar-refractivity contribution in [3.05, 3.63) is 83.8 Å². The zero-order valence-corrected chi connectivity index (χ0v) is 19.9. The predicted molar refractivity (Wildman–Crippen MR) is 129 cm³/mol. The van der Waals surface area contributed by atoms with Gasteiger partial charge in [-0.25, -0.2) is 4.68 Å². The van der Waals surface area contributed by atoms with Gasteiger partial charge < -0.3 is 19.8 Å². The lowest BCUT2D eigenvalue weighted by atomic mass is 10.0. The van der Waals surface area contributed by atoms with Crippen LogP contribution in [0.15, 0.2) is 65.5 Å². The fraction of sp³-hybridized carbons (Fsp3) is 0.280. The highest BCUT2D eigenvalue weighted by molar-refractivity contribution is 6.07. The van der Waals surface area contributed by atoms with Gasteiger partial charge >= 0.3 is 0 Å². The van der Waals surface area contributed by atoms with Crippen LogP contribution in [0.2, 0.25) is 0 Å². The normalized spacial score (nSPS) is 11.0. The molecule has 1 aromatic carbocycles. The quantitative estimate of drug-likeness (QED) is 0.357. The van der Waals surface area contributed by atoms with Crippen LogP contribution in [0.4, 0.5) is 5.69 Å². The van der Waals surface area contributed by atoms with Crippen LogP contribution in [0.25, 0.3) is 0 Å². The number of hydrogen-bond acceptors (Lipinski definition) is 6. The molecule has 0 aliphatic carbocycles. The maximum absolute atomic E-state index is 12.8. The number of benzene rings is 1. The van der Waals surface area contributed by atoms with Gasteiger partial charge in [0.1, 0.15) is 11.5 Å². The van der Waals surface area contributed by atoms with E-state index in [0.717, 1.165) is 0 Å². The molecule has 0 bridgehead atoms. The molecule has 10 nitrogen and oxygen atoms in total. The van der Waals surface area contributed by atoms with Crippen molar-refractivity contribution >= 4 is 17.5 Å². The largest absolute Gasteiger partial charge is 0.471 e. The van der Waals surface area contributed by atoms with Crippen LogP contribution in [0.5, 0.6) is 5.75 Å². The molecule has 2 N–H and O–H groups in total. The number of nitrogens with one attached hydrogen (secondary N) is 2. The van der Waals surface area contributed by atoms with Crippen LogP contribution >= 0.6 is 0 Å². The Balaban J connectivity index is 1.38. The molecule has 182 valence electrons. The predicted octanol–water partition coefficient (Wildman–Crippen LogP) is 4.03. The van der Waals surface area contributed by atoms with E-state index in [1.807, 2.05) is 31.2 Å². The Bertz CT molecular complexity index is 1270. The first-order valence-electron chi connectivity index (χ1n) is 11.4. The maximum atomic E-state index is 12.8. The topological polar surface area (TPSA) is 116 Å². The van der Waals surface area contributed by atoms with E-state index < -0.39 is 11.8 Å². The molecule has 0 aliphatic rings. The molecular weight excluding hydrogens is 448 g/mol. The van der Waals surface area contributed by atoms with Crippen molar-refractivity contribution in [3.8, 4) is 5.75 Å². The number of aromatic nitrogens is 4. The highest BCUT2D eigenvalue weighted by atomic mass is 16.5. The Morgan fingerprint density at radius 2 is 1.86 bits per heavy atom. The number of anilines is 1. The van der Waals surface area contributed by atoms with E-state index in [1.54, 1.807) is 35.3 Å². The average Bonchev–Trinajstić information content (AvgIpc) is 3.62. The molecule has 0 saturated heterocycles. The van der Waals surface area contributed by atoms with Crippen LogP contribution in [0.1, 0.15) is 59.0 Å². The third kappa shape index (κ3) is 5.97. The zero-order valence-electron chi connectivity index (χ0n) is 19.9. The summed E-state index contributed by atoms with van der Waals surface area (Å²) < 4.78 is 14.1. The monoisotopic (exact) mass is 476 g/mol. The van der Waals surface area contributed by atoms with Crippen molar-refractivity contribution < 1.29 is 18.7 Å². The van der Waals surface area contributed by atoms with Crippen molar-refractivity contribution in [3.63, 3.8) is 0 Å². The molecule has 0 radical (unpaired) electrons. The molecule has 2 amide bonds. The molecule has 3 heterocycles. The summed E-state index contributed by atoms with van der Waals surface area (Å²) in [7, 11) is 0. The van der Waals surface area contributed by atoms with Gasteiger partial charge in [0.15, 0.2) is 18.1 Å². The van der Waals surface area contributed by atoms with Gasteiger partial charge in [-0.15, -0.1) is 0 Å². The lowest BCUT2D eigenvalue weighted by molar-refractivity contribution is 0.0943. The minimum atomic E-state index is -0.458. The molecule has 0 unspecified atom stereocenters. The van der Waals surface area contributed by atoms with Gasteiger partial charge in [0.05, 0.1) is 18.5 Å². The summed E-state index contributed by atoms with van der Waals surface area (Å²) in [5.41, 5.74) is 1.83. The number of nitrogens with zero attached hydrogens (tertiary/aromatic N) is 4. The maximum Gasteiger partial charge on any atom is 0.276 e. The van der Waals surface area contributed by atoms with Crippen molar-refractivity contribution in [1.29, 1.82) is 0 Å². The molecule has 0 spiro atoms. The van der Waals surface area contributed by atoms with Crippen LogP contribution in [0, 0.1) is 0 Å². The Kier molecular flexibility index (Phi) is 7.30. The fourth-order valence-corrected chi connectivity index (χ4v) is 3.34. The molecule has 0 atom stereocenters. The highest BCUT2D eigenvalue weighted by Crippen LogP contribution is 2.19. The van der Waals surface area contributed by atoms with Gasteiger partial charge in [0.25, 0.3) is 11.8 Å². The molecule has 0 aliphatic heterocycles. The molecule has 0 saturated carbocycles. The fourth-order valence-electron chi connectivity index (χ4n) is 3.34. The SMILES string of the molecule is CCn1cc(NC(=O)c2ccn(COc3ccc(C(C)C)cc3)n2)c(C(=O)NCc2ccco2)n1. The van der Waals surface area contributed by atoms with Gasteiger partial charge in [-0.3, -0.25) is 14.3 Å². The van der Waals surface area contributed by atoms with Gasteiger partial charge in [-0.05, 0) is 48.7 Å². The van der Waals surface area contributed by atoms with Crippen LogP contribution in [-0.2, 0) is 19.8 Å². The van der Waals surface area contributed by atoms with Gasteiger partial charge in [0.2, 0.25) is 0 Å². The number of carbonyl (C=O) groups is 2. The first-order chi connectivity index (χ1) is 16.9. The first kappa shape index (κ1) is 23.8. The number of amides is 2. The first-order valence-corrected chi connectivity index (χ1v) is 11.4. The molecule has 0 fully saturated rings. The Hall–Kier alpha value is -4.34. The third-order valence-electron chi connectivity index (χ3n) is 5.34. The summed E-state index contributed by atoms with van der Waals surface area (Å²) in [5, 5.41) is 14.0. The van der Waals surface area contributed by atoms with Crippen molar-refractivity contribution in [2.75, 3.05) is 5.32 Å². The second-order valence-electron chi connectivity index (χ2n) is 8.20. The van der Waals surface area contributed by atoms with Gasteiger partial charge in [-0.1, -0.05) is 26.0 Å². The highest BCUT2D eigenvalue weighted by Gasteiger charge is 2.20. The molecule has 4 aromatic rings. The van der Waals surface area contributed by atoms with E-state index in [9.17, 15) is 9.59 Å². The molecule has 3 aromatic heterocycles. The molecule has 4 rings (SSSR count). The van der Waals surface area contributed by atoms with Crippen LogP contribution in [-0.4, -0.2) is 31.4 Å². The number of ether oxygens (including phenoxy) is 1. The van der Waals surface area contributed by atoms with Crippen LogP contribution in [0.3, 0.4) is 0 Å². The summed E-state index contributed by atoms with van der Waals surface area (Å²) in [6.07, 6.45) is 4.80. The van der Waals surface area contributed by atoms with Gasteiger partial charge in [-0.2, -0.15) is 10.2 Å². The summed E-state index contributed by atoms with van der Waals surface area (Å²) in [5.74, 6) is 0.894. The van der Waals surface area contributed by atoms with E-state index in [0.29, 0.717) is 29.7 Å². The second kappa shape index (κ2) is 10.7. The molecule has 10 heteroatoms. The minimum Gasteiger partial charge on any atom is -0.471 e. The average molecular weight is 477 g/mol. The second-order valence-corrected chi connectivity index (χ2v) is 8.20. The number of carbonyl (C=O) groups excluding carboxylic acids is 2. The van der Waals surface area contributed by atoms with Gasteiger partial charge in [0, 0.05) is 18.9 Å². The molecule has 35 heavy (non-hydrogen) atoms. The smallest absolute Gasteiger partial charge is 0.276 e. The van der Waals surface area contributed by atoms with E-state index in [1.165, 1.54) is 16.5 Å². The number of furan rings is 1. The third-order valence-corrected chi connectivity index (χ3v) is 5.34. The number of hydrogen-bond donors (Lipinski definition) is 2. The standard InChI is InChI=1S/C25H28N6O4/c1-4-30-15-22(23(29-30)25(33)26-14-20-6-5-13-34-20)27-24(32)21-11-12-31(28-21)16-35-19-9-7-18(8-10-19)17(2)3/h5-13,15,17H,4,14,16H2,1-3H3,(H,26,33)(H,27,32). The van der Waals surface area contributed by atoms with E-state index >= 15 is 0 Å². The zero-order chi connectivity index (χ0) is 24.8. The number of aryl methyl sites for hydroxylation is 1. The summed E-state index contributed by atoms with van der Waals surface area (Å²) in [6.45, 7) is 7.07. The Morgan fingerprint density at radius 3 is 2.54 bits per heavy atom. The van der Waals surface area contributed by atoms with E-state index in [4.69, 9.17) is 9.15 Å². The van der Waals surface area contributed by atoms with Crippen molar-refractivity contribution in [2.24, 2.45) is 0 Å². The van der Waals surface area contributed by atoms with Crippen molar-refractivity contribution in [2.45, 2.75) is 46.5 Å². The number of rotatable bonds is 10. The Labute approximate surface area is 202 Å². The van der Waals surface area contributed by atoms with E-state index in [2.05, 4.69) is 34.7 Å². The summed E-state index contributed by atoms with van der Waals surface area (Å²) in [6, 6.07) is 13.0. The van der Waals surface area contributed by atoms with Crippen LogP contribution < -0.4 is 15.4 Å². The Morgan fingerprint density at radius 1 is 1.06 bits per heavy atom. The lowest BCUT2D eigenvalue weighted by Gasteiger charge is -2.09. The lowest BCUT2D eigenvalue weighted by Crippen LogP contribution is -2.25. The molecular formula is C25H28N6O4. The minimum absolute atomic E-state index is 0.111.